The molecular weight excluding hydrogens is 410 g/mol. The van der Waals surface area contributed by atoms with Crippen LogP contribution in [-0.4, -0.2) is 17.1 Å². The van der Waals surface area contributed by atoms with E-state index < -0.39 is 5.91 Å². The first-order chi connectivity index (χ1) is 15.6. The quantitative estimate of drug-likeness (QED) is 0.359. The largest absolute Gasteiger partial charge is 0.494 e. The van der Waals surface area contributed by atoms with Crippen molar-refractivity contribution in [3.05, 3.63) is 82.7 Å². The molecule has 1 amide bonds. The normalized spacial score (nSPS) is 11.7. The van der Waals surface area contributed by atoms with Gasteiger partial charge in [0.1, 0.15) is 17.4 Å². The highest BCUT2D eigenvalue weighted by molar-refractivity contribution is 6.09. The highest BCUT2D eigenvalue weighted by Crippen LogP contribution is 2.27. The molecule has 2 aromatic carbocycles. The third-order valence-corrected chi connectivity index (χ3v) is 5.55. The maximum absolute atomic E-state index is 12.7. The van der Waals surface area contributed by atoms with E-state index in [0.29, 0.717) is 12.3 Å². The summed E-state index contributed by atoms with van der Waals surface area (Å²) in [6.07, 6.45) is 1.65. The molecule has 1 aromatic heterocycles. The summed E-state index contributed by atoms with van der Waals surface area (Å²) in [6, 6.07) is 19.6. The molecule has 33 heavy (non-hydrogen) atoms. The van der Waals surface area contributed by atoms with Crippen LogP contribution < -0.4 is 10.1 Å². The molecule has 0 bridgehead atoms. The Labute approximate surface area is 196 Å². The molecule has 0 atom stereocenters. The molecular formula is C28H31N3O2. The van der Waals surface area contributed by atoms with Crippen molar-refractivity contribution in [3.63, 3.8) is 0 Å². The fraction of sp³-hybridized carbons (Fsp3) is 0.286. The zero-order valence-corrected chi connectivity index (χ0v) is 20.2. The molecule has 0 aliphatic rings. The topological polar surface area (TPSA) is 67.0 Å². The third kappa shape index (κ3) is 5.53. The highest BCUT2D eigenvalue weighted by Gasteiger charge is 2.16. The van der Waals surface area contributed by atoms with Crippen molar-refractivity contribution in [1.29, 1.82) is 5.26 Å². The minimum atomic E-state index is -0.444. The summed E-state index contributed by atoms with van der Waals surface area (Å²) in [6.45, 7) is 13.1. The zero-order valence-electron chi connectivity index (χ0n) is 20.2. The van der Waals surface area contributed by atoms with Gasteiger partial charge in [-0.3, -0.25) is 4.79 Å². The van der Waals surface area contributed by atoms with Crippen LogP contribution in [0.1, 0.15) is 50.2 Å². The van der Waals surface area contributed by atoms with E-state index in [1.54, 1.807) is 30.3 Å². The summed E-state index contributed by atoms with van der Waals surface area (Å²) in [4.78, 5) is 12.7. The van der Waals surface area contributed by atoms with E-state index in [4.69, 9.17) is 4.74 Å². The second kappa shape index (κ2) is 9.79. The smallest absolute Gasteiger partial charge is 0.266 e. The molecule has 3 rings (SSSR count). The van der Waals surface area contributed by atoms with E-state index in [1.807, 2.05) is 32.9 Å². The molecule has 0 aliphatic carbocycles. The lowest BCUT2D eigenvalue weighted by Crippen LogP contribution is -2.13. The number of aromatic nitrogens is 1. The van der Waals surface area contributed by atoms with E-state index >= 15 is 0 Å². The van der Waals surface area contributed by atoms with E-state index in [-0.39, 0.29) is 11.0 Å². The fourth-order valence-corrected chi connectivity index (χ4v) is 3.75. The van der Waals surface area contributed by atoms with Gasteiger partial charge in [0.15, 0.2) is 0 Å². The lowest BCUT2D eigenvalue weighted by atomic mass is 9.87. The molecule has 5 heteroatoms. The van der Waals surface area contributed by atoms with Gasteiger partial charge in [-0.25, -0.2) is 0 Å². The number of hydrogen-bond donors (Lipinski definition) is 1. The number of carbonyl (C=O) groups excluding carboxylic acids is 1. The van der Waals surface area contributed by atoms with Crippen molar-refractivity contribution in [1.82, 2.24) is 4.57 Å². The highest BCUT2D eigenvalue weighted by atomic mass is 16.5. The predicted octanol–water partition coefficient (Wildman–Crippen LogP) is 6.34. The number of anilines is 1. The van der Waals surface area contributed by atoms with Crippen LogP contribution in [0.15, 0.2) is 60.2 Å². The number of rotatable bonds is 6. The molecule has 3 aromatic rings. The average molecular weight is 442 g/mol. The monoisotopic (exact) mass is 441 g/mol. The summed E-state index contributed by atoms with van der Waals surface area (Å²) in [5.74, 6) is 0.288. The predicted molar refractivity (Wildman–Crippen MR) is 134 cm³/mol. The van der Waals surface area contributed by atoms with Crippen molar-refractivity contribution >= 4 is 17.7 Å². The first-order valence-electron chi connectivity index (χ1n) is 11.1. The SMILES string of the molecule is CCOc1ccc(NC(=O)/C(C#N)=C\c2cc(C)n(-c3ccc(C(C)(C)C)cc3)c2C)cc1. The fourth-order valence-electron chi connectivity index (χ4n) is 3.75. The number of benzene rings is 2. The maximum Gasteiger partial charge on any atom is 0.266 e. The second-order valence-electron chi connectivity index (χ2n) is 9.04. The number of nitriles is 1. The lowest BCUT2D eigenvalue weighted by Gasteiger charge is -2.20. The second-order valence-corrected chi connectivity index (χ2v) is 9.04. The number of hydrogen-bond acceptors (Lipinski definition) is 3. The number of amides is 1. The average Bonchev–Trinajstić information content (AvgIpc) is 3.05. The van der Waals surface area contributed by atoms with Crippen LogP contribution in [-0.2, 0) is 10.2 Å². The van der Waals surface area contributed by atoms with Crippen molar-refractivity contribution < 1.29 is 9.53 Å². The van der Waals surface area contributed by atoms with Gasteiger partial charge in [0, 0.05) is 22.8 Å². The summed E-state index contributed by atoms with van der Waals surface area (Å²) in [5, 5.41) is 12.4. The Morgan fingerprint density at radius 3 is 2.27 bits per heavy atom. The van der Waals surface area contributed by atoms with E-state index in [9.17, 15) is 10.1 Å². The summed E-state index contributed by atoms with van der Waals surface area (Å²) in [5.41, 5.74) is 5.91. The van der Waals surface area contributed by atoms with Crippen molar-refractivity contribution in [2.75, 3.05) is 11.9 Å². The van der Waals surface area contributed by atoms with E-state index in [0.717, 1.165) is 28.4 Å². The van der Waals surface area contributed by atoms with Crippen LogP contribution in [0, 0.1) is 25.2 Å². The van der Waals surface area contributed by atoms with Crippen LogP contribution in [0.25, 0.3) is 11.8 Å². The van der Waals surface area contributed by atoms with E-state index in [2.05, 4.69) is 54.9 Å². The van der Waals surface area contributed by atoms with Crippen molar-refractivity contribution in [3.8, 4) is 17.5 Å². The molecule has 0 saturated heterocycles. The van der Waals surface area contributed by atoms with Crippen LogP contribution in [0.2, 0.25) is 0 Å². The number of ether oxygens (including phenoxy) is 1. The standard InChI is InChI=1S/C28H31N3O2/c1-7-33-26-14-10-24(11-15-26)30-27(32)22(18-29)17-21-16-19(2)31(20(21)3)25-12-8-23(9-13-25)28(4,5)6/h8-17H,7H2,1-6H3,(H,30,32)/b22-17-. The Kier molecular flexibility index (Phi) is 7.08. The molecule has 5 nitrogen and oxygen atoms in total. The van der Waals surface area contributed by atoms with Gasteiger partial charge >= 0.3 is 0 Å². The van der Waals surface area contributed by atoms with E-state index in [1.165, 1.54) is 5.56 Å². The molecule has 0 saturated carbocycles. The molecule has 0 spiro atoms. The van der Waals surface area contributed by atoms with Crippen LogP contribution >= 0.6 is 0 Å². The summed E-state index contributed by atoms with van der Waals surface area (Å²) in [7, 11) is 0. The van der Waals surface area contributed by atoms with Crippen LogP contribution in [0.4, 0.5) is 5.69 Å². The molecule has 1 heterocycles. The Morgan fingerprint density at radius 2 is 1.73 bits per heavy atom. The van der Waals surface area contributed by atoms with Crippen molar-refractivity contribution in [2.24, 2.45) is 0 Å². The molecule has 0 radical (unpaired) electrons. The van der Waals surface area contributed by atoms with Gasteiger partial charge in [0.25, 0.3) is 5.91 Å². The van der Waals surface area contributed by atoms with Gasteiger partial charge in [-0.15, -0.1) is 0 Å². The first-order valence-corrected chi connectivity index (χ1v) is 11.1. The number of nitrogens with zero attached hydrogens (tertiary/aromatic N) is 2. The van der Waals surface area contributed by atoms with Crippen LogP contribution in [0.5, 0.6) is 5.75 Å². The van der Waals surface area contributed by atoms with Gasteiger partial charge in [-0.05, 0) is 85.9 Å². The van der Waals surface area contributed by atoms with Crippen LogP contribution in [0.3, 0.4) is 0 Å². The zero-order chi connectivity index (χ0) is 24.2. The Hall–Kier alpha value is -3.78. The van der Waals surface area contributed by atoms with Gasteiger partial charge in [-0.1, -0.05) is 32.9 Å². The number of aryl methyl sites for hydroxylation is 1. The molecule has 1 N–H and O–H groups in total. The molecule has 0 unspecified atom stereocenters. The van der Waals surface area contributed by atoms with Gasteiger partial charge in [0.2, 0.25) is 0 Å². The molecule has 0 aliphatic heterocycles. The number of nitrogens with one attached hydrogen (secondary N) is 1. The molecule has 0 fully saturated rings. The Morgan fingerprint density at radius 1 is 1.09 bits per heavy atom. The van der Waals surface area contributed by atoms with Gasteiger partial charge < -0.3 is 14.6 Å². The summed E-state index contributed by atoms with van der Waals surface area (Å²) < 4.78 is 7.56. The minimum Gasteiger partial charge on any atom is -0.494 e. The van der Waals surface area contributed by atoms with Gasteiger partial charge in [0.05, 0.1) is 6.61 Å². The number of carbonyl (C=O) groups is 1. The van der Waals surface area contributed by atoms with Gasteiger partial charge in [-0.2, -0.15) is 5.26 Å². The third-order valence-electron chi connectivity index (χ3n) is 5.55. The lowest BCUT2D eigenvalue weighted by molar-refractivity contribution is -0.112. The van der Waals surface area contributed by atoms with Crippen molar-refractivity contribution in [2.45, 2.75) is 47.0 Å². The Bertz CT molecular complexity index is 1200. The maximum atomic E-state index is 12.7. The first kappa shape index (κ1) is 23.9. The minimum absolute atomic E-state index is 0.0483. The summed E-state index contributed by atoms with van der Waals surface area (Å²) >= 11 is 0. The Balaban J connectivity index is 1.85. The molecule has 170 valence electrons.